The number of nitrogens with zero attached hydrogens (tertiary/aromatic N) is 1. The predicted molar refractivity (Wildman–Crippen MR) is 98.6 cm³/mol. The molecule has 0 atom stereocenters. The van der Waals surface area contributed by atoms with Gasteiger partial charge in [0.25, 0.3) is 0 Å². The van der Waals surface area contributed by atoms with Crippen LogP contribution in [0.4, 0.5) is 5.00 Å². The molecule has 0 saturated carbocycles. The molecule has 126 valence electrons. The van der Waals surface area contributed by atoms with Gasteiger partial charge in [0.15, 0.2) is 5.11 Å². The Bertz CT molecular complexity index is 592. The Balaban J connectivity index is 1.83. The number of esters is 1. The second-order valence-electron chi connectivity index (χ2n) is 6.11. The van der Waals surface area contributed by atoms with Gasteiger partial charge in [0.1, 0.15) is 5.00 Å². The van der Waals surface area contributed by atoms with Crippen LogP contribution < -0.4 is 5.32 Å². The molecule has 2 aliphatic rings. The van der Waals surface area contributed by atoms with E-state index in [-0.39, 0.29) is 5.97 Å². The molecule has 0 bridgehead atoms. The Morgan fingerprint density at radius 1 is 1.22 bits per heavy atom. The van der Waals surface area contributed by atoms with Crippen LogP contribution in [0, 0.1) is 0 Å². The number of ether oxygens (including phenoxy) is 1. The Morgan fingerprint density at radius 3 is 2.70 bits per heavy atom. The second kappa shape index (κ2) is 7.62. The van der Waals surface area contributed by atoms with Gasteiger partial charge in [-0.1, -0.05) is 0 Å². The maximum atomic E-state index is 12.4. The molecule has 0 unspecified atom stereocenters. The summed E-state index contributed by atoms with van der Waals surface area (Å²) in [6.45, 7) is 4.26. The van der Waals surface area contributed by atoms with E-state index in [0.29, 0.717) is 6.61 Å². The fraction of sp³-hybridized carbons (Fsp3) is 0.647. The van der Waals surface area contributed by atoms with Crippen LogP contribution in [0.5, 0.6) is 0 Å². The lowest BCUT2D eigenvalue weighted by molar-refractivity contribution is 0.0526. The Morgan fingerprint density at radius 2 is 1.96 bits per heavy atom. The predicted octanol–water partition coefficient (Wildman–Crippen LogP) is 3.99. The minimum Gasteiger partial charge on any atom is -0.462 e. The van der Waals surface area contributed by atoms with Gasteiger partial charge in [0, 0.05) is 18.0 Å². The highest BCUT2D eigenvalue weighted by Gasteiger charge is 2.27. The highest BCUT2D eigenvalue weighted by Crippen LogP contribution is 2.38. The number of carbonyl (C=O) groups is 1. The van der Waals surface area contributed by atoms with Gasteiger partial charge in [-0.05, 0) is 69.7 Å². The topological polar surface area (TPSA) is 41.6 Å². The van der Waals surface area contributed by atoms with Gasteiger partial charge < -0.3 is 15.0 Å². The van der Waals surface area contributed by atoms with Crippen molar-refractivity contribution in [3.8, 4) is 0 Å². The lowest BCUT2D eigenvalue weighted by atomic mass is 9.95. The molecule has 1 aromatic heterocycles. The fourth-order valence-corrected chi connectivity index (χ4v) is 4.97. The minimum absolute atomic E-state index is 0.212. The average molecular weight is 353 g/mol. The van der Waals surface area contributed by atoms with Crippen LogP contribution in [0.1, 0.15) is 59.8 Å². The number of fused-ring (bicyclic) bond motifs is 1. The monoisotopic (exact) mass is 352 g/mol. The summed E-state index contributed by atoms with van der Waals surface area (Å²) in [5, 5.41) is 4.98. The van der Waals surface area contributed by atoms with Gasteiger partial charge in [-0.25, -0.2) is 4.79 Å². The molecule has 1 N–H and O–H groups in total. The molecule has 1 aliphatic carbocycles. The van der Waals surface area contributed by atoms with Gasteiger partial charge in [0.2, 0.25) is 0 Å². The first-order valence-corrected chi connectivity index (χ1v) is 9.80. The summed E-state index contributed by atoms with van der Waals surface area (Å²) < 4.78 is 5.29. The van der Waals surface area contributed by atoms with E-state index in [1.165, 1.54) is 36.1 Å². The standard InChI is InChI=1S/C17H24N2O2S2/c1-2-21-16(20)14-12-8-4-5-9-13(12)23-15(14)18-17(22)19-10-6-3-7-11-19/h2-11H2,1H3,(H,18,22). The number of thiophene rings is 1. The van der Waals surface area contributed by atoms with Crippen molar-refractivity contribution in [3.63, 3.8) is 0 Å². The average Bonchev–Trinajstić information content (AvgIpc) is 2.93. The molecule has 0 amide bonds. The number of piperidine rings is 1. The number of likely N-dealkylation sites (tertiary alicyclic amines) is 1. The number of nitrogens with one attached hydrogen (secondary N) is 1. The van der Waals surface area contributed by atoms with Crippen molar-refractivity contribution in [3.05, 3.63) is 16.0 Å². The zero-order valence-corrected chi connectivity index (χ0v) is 15.3. The molecule has 0 spiro atoms. The molecule has 0 radical (unpaired) electrons. The van der Waals surface area contributed by atoms with Crippen LogP contribution in [0.3, 0.4) is 0 Å². The third kappa shape index (κ3) is 3.69. The van der Waals surface area contributed by atoms with Crippen molar-refractivity contribution in [1.29, 1.82) is 0 Å². The minimum atomic E-state index is -0.212. The van der Waals surface area contributed by atoms with Crippen molar-refractivity contribution in [2.24, 2.45) is 0 Å². The molecular formula is C17H24N2O2S2. The van der Waals surface area contributed by atoms with E-state index in [1.807, 2.05) is 6.92 Å². The summed E-state index contributed by atoms with van der Waals surface area (Å²) in [5.41, 5.74) is 1.91. The summed E-state index contributed by atoms with van der Waals surface area (Å²) >= 11 is 7.26. The normalized spacial score (nSPS) is 17.5. The van der Waals surface area contributed by atoms with Crippen LogP contribution in [0.15, 0.2) is 0 Å². The van der Waals surface area contributed by atoms with Crippen molar-refractivity contribution in [2.75, 3.05) is 25.0 Å². The summed E-state index contributed by atoms with van der Waals surface area (Å²) in [6, 6.07) is 0. The smallest absolute Gasteiger partial charge is 0.341 e. The van der Waals surface area contributed by atoms with E-state index in [1.54, 1.807) is 11.3 Å². The van der Waals surface area contributed by atoms with Gasteiger partial charge in [-0.15, -0.1) is 11.3 Å². The van der Waals surface area contributed by atoms with E-state index in [2.05, 4.69) is 10.2 Å². The first-order valence-electron chi connectivity index (χ1n) is 8.58. The summed E-state index contributed by atoms with van der Waals surface area (Å²) in [6.07, 6.45) is 8.03. The Kier molecular flexibility index (Phi) is 5.54. The molecule has 1 aromatic rings. The van der Waals surface area contributed by atoms with Crippen molar-refractivity contribution in [1.82, 2.24) is 4.90 Å². The third-order valence-corrected chi connectivity index (χ3v) is 6.08. The SMILES string of the molecule is CCOC(=O)c1c(NC(=S)N2CCCCC2)sc2c1CCCC2. The summed E-state index contributed by atoms with van der Waals surface area (Å²) in [7, 11) is 0. The lowest BCUT2D eigenvalue weighted by Crippen LogP contribution is -2.38. The second-order valence-corrected chi connectivity index (χ2v) is 7.61. The largest absolute Gasteiger partial charge is 0.462 e. The highest BCUT2D eigenvalue weighted by atomic mass is 32.1. The molecule has 23 heavy (non-hydrogen) atoms. The van der Waals surface area contributed by atoms with Gasteiger partial charge >= 0.3 is 5.97 Å². The third-order valence-electron chi connectivity index (χ3n) is 4.51. The maximum Gasteiger partial charge on any atom is 0.341 e. The zero-order valence-electron chi connectivity index (χ0n) is 13.7. The van der Waals surface area contributed by atoms with Crippen LogP contribution in [0.25, 0.3) is 0 Å². The Labute approximate surface area is 147 Å². The number of carbonyl (C=O) groups excluding carboxylic acids is 1. The molecule has 6 heteroatoms. The van der Waals surface area contributed by atoms with Crippen molar-refractivity contribution >= 4 is 39.6 Å². The molecule has 1 aliphatic heterocycles. The number of hydrogen-bond donors (Lipinski definition) is 1. The number of aryl methyl sites for hydroxylation is 1. The number of anilines is 1. The number of hydrogen-bond acceptors (Lipinski definition) is 4. The van der Waals surface area contributed by atoms with E-state index in [0.717, 1.165) is 48.0 Å². The highest BCUT2D eigenvalue weighted by molar-refractivity contribution is 7.80. The lowest BCUT2D eigenvalue weighted by Gasteiger charge is -2.29. The summed E-state index contributed by atoms with van der Waals surface area (Å²) in [5.74, 6) is -0.212. The van der Waals surface area contributed by atoms with Crippen LogP contribution >= 0.6 is 23.6 Å². The van der Waals surface area contributed by atoms with Crippen LogP contribution in [-0.4, -0.2) is 35.7 Å². The van der Waals surface area contributed by atoms with E-state index < -0.39 is 0 Å². The first kappa shape index (κ1) is 16.7. The Hall–Kier alpha value is -1.14. The molecule has 3 rings (SSSR count). The van der Waals surface area contributed by atoms with E-state index in [9.17, 15) is 4.79 Å². The molecule has 1 fully saturated rings. The van der Waals surface area contributed by atoms with Gasteiger partial charge in [-0.2, -0.15) is 0 Å². The molecule has 1 saturated heterocycles. The fourth-order valence-electron chi connectivity index (χ4n) is 3.35. The molecular weight excluding hydrogens is 328 g/mol. The van der Waals surface area contributed by atoms with Crippen molar-refractivity contribution < 1.29 is 9.53 Å². The quantitative estimate of drug-likeness (QED) is 0.658. The van der Waals surface area contributed by atoms with Crippen molar-refractivity contribution in [2.45, 2.75) is 51.9 Å². The van der Waals surface area contributed by atoms with Gasteiger partial charge in [-0.3, -0.25) is 0 Å². The molecule has 4 nitrogen and oxygen atoms in total. The van der Waals surface area contributed by atoms with E-state index >= 15 is 0 Å². The maximum absolute atomic E-state index is 12.4. The molecule has 2 heterocycles. The van der Waals surface area contributed by atoms with E-state index in [4.69, 9.17) is 17.0 Å². The number of thiocarbonyl (C=S) groups is 1. The first-order chi connectivity index (χ1) is 11.2. The van der Waals surface area contributed by atoms with Gasteiger partial charge in [0.05, 0.1) is 12.2 Å². The summed E-state index contributed by atoms with van der Waals surface area (Å²) in [4.78, 5) is 16.0. The zero-order chi connectivity index (χ0) is 16.2. The number of rotatable bonds is 3. The van der Waals surface area contributed by atoms with Crippen LogP contribution in [0.2, 0.25) is 0 Å². The van der Waals surface area contributed by atoms with Crippen LogP contribution in [-0.2, 0) is 17.6 Å². The molecule has 0 aromatic carbocycles.